The van der Waals surface area contributed by atoms with Crippen molar-refractivity contribution in [2.45, 2.75) is 32.3 Å². The number of rotatable bonds is 0. The first-order valence-corrected chi connectivity index (χ1v) is 3.81. The van der Waals surface area contributed by atoms with Gasteiger partial charge in [0.2, 0.25) is 0 Å². The van der Waals surface area contributed by atoms with E-state index in [0.29, 0.717) is 5.92 Å². The van der Waals surface area contributed by atoms with Gasteiger partial charge in [-0.3, -0.25) is 4.79 Å². The van der Waals surface area contributed by atoms with E-state index in [1.54, 1.807) is 0 Å². The van der Waals surface area contributed by atoms with Crippen LogP contribution in [-0.2, 0) is 9.53 Å². The molecule has 2 nitrogen and oxygen atoms in total. The third kappa shape index (κ3) is 0.825. The van der Waals surface area contributed by atoms with Crippen molar-refractivity contribution in [1.82, 2.24) is 0 Å². The zero-order chi connectivity index (χ0) is 7.35. The molecule has 2 rings (SSSR count). The van der Waals surface area contributed by atoms with Gasteiger partial charge in [-0.2, -0.15) is 0 Å². The lowest BCUT2D eigenvalue weighted by atomic mass is 9.98. The lowest BCUT2D eigenvalue weighted by Crippen LogP contribution is -2.33. The summed E-state index contributed by atoms with van der Waals surface area (Å²) in [5.74, 6) is 0.950. The summed E-state index contributed by atoms with van der Waals surface area (Å²) in [4.78, 5) is 11.0. The van der Waals surface area contributed by atoms with E-state index in [-0.39, 0.29) is 17.5 Å². The van der Waals surface area contributed by atoms with Crippen LogP contribution in [0.3, 0.4) is 0 Å². The molecule has 0 aromatic heterocycles. The van der Waals surface area contributed by atoms with Crippen LogP contribution >= 0.6 is 0 Å². The number of esters is 1. The molecule has 0 aromatic rings. The minimum atomic E-state index is -0.186. The Balaban J connectivity index is 2.13. The van der Waals surface area contributed by atoms with E-state index in [0.717, 1.165) is 12.8 Å². The molecule has 0 bridgehead atoms. The second kappa shape index (κ2) is 1.55. The van der Waals surface area contributed by atoms with Gasteiger partial charge in [0.15, 0.2) is 0 Å². The van der Waals surface area contributed by atoms with Gasteiger partial charge in [0.25, 0.3) is 0 Å². The molecule has 0 N–H and O–H groups in total. The molecule has 0 amide bonds. The highest BCUT2D eigenvalue weighted by molar-refractivity contribution is 5.77. The summed E-state index contributed by atoms with van der Waals surface area (Å²) in [6.07, 6.45) is 2.13. The third-order valence-electron chi connectivity index (χ3n) is 2.36. The summed E-state index contributed by atoms with van der Waals surface area (Å²) in [5.41, 5.74) is -0.186. The van der Waals surface area contributed by atoms with Crippen molar-refractivity contribution >= 4 is 5.97 Å². The highest BCUT2D eigenvalue weighted by Crippen LogP contribution is 2.49. The van der Waals surface area contributed by atoms with Gasteiger partial charge in [0.05, 0.1) is 5.92 Å². The van der Waals surface area contributed by atoms with Gasteiger partial charge in [-0.25, -0.2) is 0 Å². The zero-order valence-electron chi connectivity index (χ0n) is 6.39. The Morgan fingerprint density at radius 2 is 2.30 bits per heavy atom. The number of ether oxygens (including phenoxy) is 1. The Hall–Kier alpha value is -0.530. The van der Waals surface area contributed by atoms with Gasteiger partial charge in [-0.15, -0.1) is 0 Å². The molecule has 2 heteroatoms. The molecule has 1 heterocycles. The van der Waals surface area contributed by atoms with Gasteiger partial charge in [0.1, 0.15) is 5.60 Å². The minimum absolute atomic E-state index is 0.0289. The Kier molecular flexibility index (Phi) is 0.960. The molecule has 10 heavy (non-hydrogen) atoms. The van der Waals surface area contributed by atoms with Crippen LogP contribution in [0.2, 0.25) is 0 Å². The molecular weight excluding hydrogens is 128 g/mol. The fourth-order valence-corrected chi connectivity index (χ4v) is 1.78. The molecule has 2 aliphatic rings. The van der Waals surface area contributed by atoms with Crippen LogP contribution in [0.15, 0.2) is 0 Å². The Labute approximate surface area is 60.6 Å². The Morgan fingerprint density at radius 3 is 2.90 bits per heavy atom. The van der Waals surface area contributed by atoms with Crippen LogP contribution in [0.1, 0.15) is 26.7 Å². The fraction of sp³-hybridized carbons (Fsp3) is 0.875. The van der Waals surface area contributed by atoms with Gasteiger partial charge >= 0.3 is 5.97 Å². The van der Waals surface area contributed by atoms with E-state index in [9.17, 15) is 4.79 Å². The predicted molar refractivity (Wildman–Crippen MR) is 36.4 cm³/mol. The number of carbonyl (C=O) groups excluding carboxylic acids is 1. The molecule has 1 saturated heterocycles. The van der Waals surface area contributed by atoms with Gasteiger partial charge in [-0.05, 0) is 32.6 Å². The van der Waals surface area contributed by atoms with Crippen molar-refractivity contribution in [2.75, 3.05) is 0 Å². The largest absolute Gasteiger partial charge is 0.459 e. The molecule has 1 aliphatic carbocycles. The number of hydrogen-bond acceptors (Lipinski definition) is 2. The van der Waals surface area contributed by atoms with Crippen molar-refractivity contribution in [3.05, 3.63) is 0 Å². The maximum absolute atomic E-state index is 11.0. The quantitative estimate of drug-likeness (QED) is 0.475. The van der Waals surface area contributed by atoms with E-state index < -0.39 is 0 Å². The van der Waals surface area contributed by atoms with Crippen LogP contribution in [-0.4, -0.2) is 11.6 Å². The smallest absolute Gasteiger partial charge is 0.309 e. The molecule has 2 unspecified atom stereocenters. The first kappa shape index (κ1) is 6.20. The summed E-state index contributed by atoms with van der Waals surface area (Å²) in [5, 5.41) is 0. The second-order valence-electron chi connectivity index (χ2n) is 3.99. The number of hydrogen-bond donors (Lipinski definition) is 0. The molecule has 0 spiro atoms. The summed E-state index contributed by atoms with van der Waals surface area (Å²) in [6, 6.07) is 0. The van der Waals surface area contributed by atoms with Crippen LogP contribution in [0.4, 0.5) is 0 Å². The van der Waals surface area contributed by atoms with Crippen LogP contribution < -0.4 is 0 Å². The van der Waals surface area contributed by atoms with Crippen molar-refractivity contribution in [2.24, 2.45) is 11.8 Å². The van der Waals surface area contributed by atoms with Gasteiger partial charge in [0, 0.05) is 0 Å². The maximum Gasteiger partial charge on any atom is 0.309 e. The summed E-state index contributed by atoms with van der Waals surface area (Å²) in [6.45, 7) is 3.97. The number of cyclic esters (lactones) is 1. The first-order valence-electron chi connectivity index (χ1n) is 3.81. The third-order valence-corrected chi connectivity index (χ3v) is 2.36. The molecule has 1 saturated carbocycles. The van der Waals surface area contributed by atoms with Crippen molar-refractivity contribution in [3.8, 4) is 0 Å². The molecule has 1 aliphatic heterocycles. The highest BCUT2D eigenvalue weighted by atomic mass is 16.6. The van der Waals surface area contributed by atoms with Gasteiger partial charge in [-0.1, -0.05) is 0 Å². The normalized spacial score (nSPS) is 42.0. The summed E-state index contributed by atoms with van der Waals surface area (Å²) < 4.78 is 5.19. The Morgan fingerprint density at radius 1 is 1.60 bits per heavy atom. The average Bonchev–Trinajstić information content (AvgIpc) is 2.40. The fourth-order valence-electron chi connectivity index (χ4n) is 1.78. The maximum atomic E-state index is 11.0. The van der Waals surface area contributed by atoms with E-state index in [2.05, 4.69) is 0 Å². The monoisotopic (exact) mass is 140 g/mol. The standard InChI is InChI=1S/C8H12O2/c1-8(2)4-5-3-6(5)7(9)10-8/h5-6H,3-4H2,1-2H3. The van der Waals surface area contributed by atoms with Crippen molar-refractivity contribution < 1.29 is 9.53 Å². The number of carbonyl (C=O) groups is 1. The second-order valence-corrected chi connectivity index (χ2v) is 3.99. The molecule has 2 atom stereocenters. The average molecular weight is 140 g/mol. The van der Waals surface area contributed by atoms with Crippen molar-refractivity contribution in [3.63, 3.8) is 0 Å². The summed E-state index contributed by atoms with van der Waals surface area (Å²) >= 11 is 0. The molecule has 0 aromatic carbocycles. The highest BCUT2D eigenvalue weighted by Gasteiger charge is 2.52. The molecule has 2 fully saturated rings. The van der Waals surface area contributed by atoms with Crippen LogP contribution in [0.5, 0.6) is 0 Å². The van der Waals surface area contributed by atoms with Crippen LogP contribution in [0.25, 0.3) is 0 Å². The number of fused-ring (bicyclic) bond motifs is 1. The van der Waals surface area contributed by atoms with E-state index in [1.807, 2.05) is 13.8 Å². The molecule has 0 radical (unpaired) electrons. The topological polar surface area (TPSA) is 26.3 Å². The Bertz CT molecular complexity index is 184. The van der Waals surface area contributed by atoms with Crippen LogP contribution in [0, 0.1) is 11.8 Å². The van der Waals surface area contributed by atoms with E-state index in [1.165, 1.54) is 0 Å². The minimum Gasteiger partial charge on any atom is -0.459 e. The van der Waals surface area contributed by atoms with Gasteiger partial charge < -0.3 is 4.74 Å². The van der Waals surface area contributed by atoms with E-state index in [4.69, 9.17) is 4.74 Å². The molecular formula is C8H12O2. The SMILES string of the molecule is CC1(C)CC2CC2C(=O)O1. The lowest BCUT2D eigenvalue weighted by molar-refractivity contribution is -0.164. The van der Waals surface area contributed by atoms with E-state index >= 15 is 0 Å². The summed E-state index contributed by atoms with van der Waals surface area (Å²) in [7, 11) is 0. The lowest BCUT2D eigenvalue weighted by Gasteiger charge is -2.28. The predicted octanol–water partition coefficient (Wildman–Crippen LogP) is 1.35. The molecule has 56 valence electrons. The first-order chi connectivity index (χ1) is 4.58. The van der Waals surface area contributed by atoms with Crippen molar-refractivity contribution in [1.29, 1.82) is 0 Å². The zero-order valence-corrected chi connectivity index (χ0v) is 6.39.